The quantitative estimate of drug-likeness (QED) is 0.824. The van der Waals surface area contributed by atoms with Gasteiger partial charge < -0.3 is 20.3 Å². The minimum absolute atomic E-state index is 0.0619. The molecule has 0 fully saturated rings. The third-order valence-electron chi connectivity index (χ3n) is 2.37. The van der Waals surface area contributed by atoms with Crippen molar-refractivity contribution in [1.29, 1.82) is 0 Å². The molecule has 1 aromatic carbocycles. The van der Waals surface area contributed by atoms with E-state index in [2.05, 4.69) is 0 Å². The zero-order valence-electron chi connectivity index (χ0n) is 9.87. The van der Waals surface area contributed by atoms with E-state index in [9.17, 15) is 13.6 Å². The molecule has 0 aliphatic rings. The molecule has 0 radical (unpaired) electrons. The third kappa shape index (κ3) is 2.67. The molecule has 7 heteroatoms. The van der Waals surface area contributed by atoms with Gasteiger partial charge in [-0.3, -0.25) is 4.79 Å². The van der Waals surface area contributed by atoms with Crippen LogP contribution >= 0.6 is 0 Å². The molecule has 100 valence electrons. The normalized spacial score (nSPS) is 12.1. The van der Waals surface area contributed by atoms with Crippen LogP contribution in [-0.2, 0) is 11.2 Å². The number of methoxy groups -OCH3 is 2. The summed E-state index contributed by atoms with van der Waals surface area (Å²) in [5, 5.41) is 8.69. The van der Waals surface area contributed by atoms with Crippen molar-refractivity contribution in [3.05, 3.63) is 23.3 Å². The van der Waals surface area contributed by atoms with Crippen LogP contribution in [-0.4, -0.2) is 31.3 Å². The summed E-state index contributed by atoms with van der Waals surface area (Å²) in [7, 11) is 2.40. The van der Waals surface area contributed by atoms with E-state index in [1.165, 1.54) is 7.11 Å². The Balaban J connectivity index is 3.26. The average Bonchev–Trinajstić information content (AvgIpc) is 2.32. The van der Waals surface area contributed by atoms with E-state index in [0.717, 1.165) is 13.2 Å². The van der Waals surface area contributed by atoms with E-state index in [4.69, 9.17) is 20.3 Å². The van der Waals surface area contributed by atoms with Gasteiger partial charge in [0.2, 0.25) is 5.82 Å². The fourth-order valence-electron chi connectivity index (χ4n) is 1.52. The fraction of sp³-hybridized carbons (Fsp3) is 0.364. The molecule has 1 aromatic rings. The molecule has 18 heavy (non-hydrogen) atoms. The minimum atomic E-state index is -1.25. The molecular weight excluding hydrogens is 248 g/mol. The van der Waals surface area contributed by atoms with E-state index in [1.807, 2.05) is 0 Å². The van der Waals surface area contributed by atoms with Gasteiger partial charge in [-0.2, -0.15) is 4.39 Å². The van der Waals surface area contributed by atoms with Crippen LogP contribution in [0.3, 0.4) is 0 Å². The topological polar surface area (TPSA) is 81.8 Å². The van der Waals surface area contributed by atoms with Crippen molar-refractivity contribution in [2.24, 2.45) is 5.73 Å². The van der Waals surface area contributed by atoms with Crippen molar-refractivity contribution in [1.82, 2.24) is 0 Å². The fourth-order valence-corrected chi connectivity index (χ4v) is 1.52. The van der Waals surface area contributed by atoms with Gasteiger partial charge in [0.05, 0.1) is 14.2 Å². The molecule has 0 aliphatic heterocycles. The highest BCUT2D eigenvalue weighted by Crippen LogP contribution is 2.35. The second kappa shape index (κ2) is 5.63. The molecule has 0 heterocycles. The molecule has 1 atom stereocenters. The van der Waals surface area contributed by atoms with Crippen molar-refractivity contribution in [2.45, 2.75) is 12.5 Å². The monoisotopic (exact) mass is 261 g/mol. The van der Waals surface area contributed by atoms with Gasteiger partial charge in [-0.15, -0.1) is 0 Å². The molecule has 5 nitrogen and oxygen atoms in total. The van der Waals surface area contributed by atoms with Gasteiger partial charge >= 0.3 is 5.97 Å². The first-order valence-electron chi connectivity index (χ1n) is 4.99. The molecule has 0 saturated heterocycles. The second-order valence-corrected chi connectivity index (χ2v) is 3.55. The number of carbonyl (C=O) groups is 1. The van der Waals surface area contributed by atoms with E-state index in [0.29, 0.717) is 0 Å². The van der Waals surface area contributed by atoms with Crippen molar-refractivity contribution in [3.8, 4) is 11.5 Å². The van der Waals surface area contributed by atoms with Gasteiger partial charge in [0.1, 0.15) is 6.04 Å². The average molecular weight is 261 g/mol. The highest BCUT2D eigenvalue weighted by molar-refractivity contribution is 5.73. The van der Waals surface area contributed by atoms with Crippen LogP contribution in [0.4, 0.5) is 8.78 Å². The number of carboxylic acid groups (broad SMARTS) is 1. The molecule has 0 bridgehead atoms. The Morgan fingerprint density at radius 1 is 1.39 bits per heavy atom. The molecule has 1 rings (SSSR count). The second-order valence-electron chi connectivity index (χ2n) is 3.55. The summed E-state index contributed by atoms with van der Waals surface area (Å²) in [4.78, 5) is 10.6. The lowest BCUT2D eigenvalue weighted by atomic mass is 10.0. The predicted molar refractivity (Wildman–Crippen MR) is 58.8 cm³/mol. The van der Waals surface area contributed by atoms with Crippen LogP contribution in [0.2, 0.25) is 0 Å². The third-order valence-corrected chi connectivity index (χ3v) is 2.37. The van der Waals surface area contributed by atoms with Crippen molar-refractivity contribution in [2.75, 3.05) is 14.2 Å². The van der Waals surface area contributed by atoms with Crippen LogP contribution < -0.4 is 15.2 Å². The Hall–Kier alpha value is -1.89. The van der Waals surface area contributed by atoms with E-state index < -0.39 is 29.4 Å². The number of aliphatic carboxylic acids is 1. The van der Waals surface area contributed by atoms with E-state index in [1.54, 1.807) is 0 Å². The van der Waals surface area contributed by atoms with Gasteiger partial charge in [0.15, 0.2) is 17.3 Å². The van der Waals surface area contributed by atoms with Crippen molar-refractivity contribution < 1.29 is 28.2 Å². The summed E-state index contributed by atoms with van der Waals surface area (Å²) in [6.45, 7) is 0. The maximum Gasteiger partial charge on any atom is 0.320 e. The Labute approximate surface area is 102 Å². The van der Waals surface area contributed by atoms with Crippen LogP contribution in [0.5, 0.6) is 11.5 Å². The molecule has 0 aliphatic carbocycles. The number of benzene rings is 1. The first-order valence-corrected chi connectivity index (χ1v) is 4.99. The summed E-state index contributed by atoms with van der Waals surface area (Å²) in [6.07, 6.45) is -0.202. The first kappa shape index (κ1) is 14.2. The molecule has 0 amide bonds. The van der Waals surface area contributed by atoms with Gasteiger partial charge in [-0.25, -0.2) is 4.39 Å². The number of rotatable bonds is 5. The standard InChI is InChI=1S/C11H13F2NO4/c1-17-9-5(4-7(14)11(15)16)3-6(12)8(13)10(9)18-2/h3,7H,4,14H2,1-2H3,(H,15,16). The number of hydrogen-bond donors (Lipinski definition) is 2. The first-order chi connectivity index (χ1) is 8.42. The Morgan fingerprint density at radius 3 is 2.39 bits per heavy atom. The maximum absolute atomic E-state index is 13.4. The Kier molecular flexibility index (Phi) is 4.43. The van der Waals surface area contributed by atoms with Gasteiger partial charge in [0, 0.05) is 12.0 Å². The van der Waals surface area contributed by atoms with Crippen LogP contribution in [0.25, 0.3) is 0 Å². The summed E-state index contributed by atoms with van der Waals surface area (Å²) < 4.78 is 36.3. The van der Waals surface area contributed by atoms with Gasteiger partial charge in [-0.1, -0.05) is 0 Å². The smallest absolute Gasteiger partial charge is 0.320 e. The van der Waals surface area contributed by atoms with E-state index >= 15 is 0 Å². The number of hydrogen-bond acceptors (Lipinski definition) is 4. The number of halogens is 2. The zero-order valence-corrected chi connectivity index (χ0v) is 9.87. The Morgan fingerprint density at radius 2 is 1.94 bits per heavy atom. The summed E-state index contributed by atoms with van der Waals surface area (Å²) >= 11 is 0. The minimum Gasteiger partial charge on any atom is -0.492 e. The van der Waals surface area contributed by atoms with Crippen molar-refractivity contribution >= 4 is 5.97 Å². The molecule has 3 N–H and O–H groups in total. The molecule has 0 spiro atoms. The zero-order chi connectivity index (χ0) is 13.9. The summed E-state index contributed by atoms with van der Waals surface area (Å²) in [6, 6.07) is -0.395. The Bertz CT molecular complexity index is 465. The van der Waals surface area contributed by atoms with Crippen LogP contribution in [0, 0.1) is 11.6 Å². The highest BCUT2D eigenvalue weighted by atomic mass is 19.2. The van der Waals surface area contributed by atoms with Crippen molar-refractivity contribution in [3.63, 3.8) is 0 Å². The maximum atomic E-state index is 13.4. The molecule has 0 saturated carbocycles. The van der Waals surface area contributed by atoms with E-state index in [-0.39, 0.29) is 17.7 Å². The van der Waals surface area contributed by atoms with Crippen LogP contribution in [0.1, 0.15) is 5.56 Å². The lowest BCUT2D eigenvalue weighted by molar-refractivity contribution is -0.138. The number of ether oxygens (including phenoxy) is 2. The summed E-state index contributed by atoms with van der Waals surface area (Å²) in [5.74, 6) is -4.07. The summed E-state index contributed by atoms with van der Waals surface area (Å²) in [5.41, 5.74) is 5.47. The largest absolute Gasteiger partial charge is 0.492 e. The lowest BCUT2D eigenvalue weighted by Gasteiger charge is -2.15. The molecule has 1 unspecified atom stereocenters. The van der Waals surface area contributed by atoms with Gasteiger partial charge in [-0.05, 0) is 6.07 Å². The van der Waals surface area contributed by atoms with Crippen LogP contribution in [0.15, 0.2) is 6.07 Å². The highest BCUT2D eigenvalue weighted by Gasteiger charge is 2.23. The molecule has 0 aromatic heterocycles. The lowest BCUT2D eigenvalue weighted by Crippen LogP contribution is -2.32. The number of carboxylic acids is 1. The SMILES string of the molecule is COc1c(CC(N)C(=O)O)cc(F)c(F)c1OC. The molecular formula is C11H13F2NO4. The predicted octanol–water partition coefficient (Wildman–Crippen LogP) is 0.936. The van der Waals surface area contributed by atoms with Gasteiger partial charge in [0.25, 0.3) is 0 Å². The number of nitrogens with two attached hydrogens (primary N) is 1.